The normalized spacial score (nSPS) is 27.0. The van der Waals surface area contributed by atoms with Gasteiger partial charge in [0.2, 0.25) is 11.8 Å². The van der Waals surface area contributed by atoms with E-state index < -0.39 is 6.04 Å². The molecule has 3 N–H and O–H groups in total. The van der Waals surface area contributed by atoms with Crippen molar-refractivity contribution in [2.75, 3.05) is 5.32 Å². The number of amides is 2. The molecule has 3 unspecified atom stereocenters. The fourth-order valence-corrected chi connectivity index (χ4v) is 3.58. The van der Waals surface area contributed by atoms with E-state index in [4.69, 9.17) is 11.6 Å². The number of carbonyl (C=O) groups is 2. The zero-order valence-corrected chi connectivity index (χ0v) is 14.0. The second-order valence-corrected chi connectivity index (χ2v) is 6.80. The number of carbonyl (C=O) groups excluding carboxylic acids is 2. The minimum absolute atomic E-state index is 0.0777. The fraction of sp³-hybridized carbons (Fsp3) is 0.529. The Morgan fingerprint density at radius 2 is 2.04 bits per heavy atom. The molecule has 3 rings (SSSR count). The first-order chi connectivity index (χ1) is 11.0. The summed E-state index contributed by atoms with van der Waals surface area (Å²) < 4.78 is 0. The molecule has 1 saturated carbocycles. The zero-order chi connectivity index (χ0) is 16.4. The van der Waals surface area contributed by atoms with Crippen molar-refractivity contribution in [1.82, 2.24) is 10.6 Å². The number of benzene rings is 1. The molecule has 0 radical (unpaired) electrons. The van der Waals surface area contributed by atoms with Crippen molar-refractivity contribution in [2.24, 2.45) is 0 Å². The number of halogens is 1. The molecule has 2 aliphatic rings. The molecule has 0 spiro atoms. The summed E-state index contributed by atoms with van der Waals surface area (Å²) in [6.45, 7) is 1.86. The third-order valence-corrected chi connectivity index (χ3v) is 5.17. The Hall–Kier alpha value is -1.59. The first kappa shape index (κ1) is 16.3. The third kappa shape index (κ3) is 3.67. The summed E-state index contributed by atoms with van der Waals surface area (Å²) in [5.74, 6) is -0.261. The molecule has 2 fully saturated rings. The lowest BCUT2D eigenvalue weighted by atomic mass is 9.87. The number of rotatable bonds is 3. The first-order valence-corrected chi connectivity index (χ1v) is 8.54. The molecule has 0 bridgehead atoms. The molecule has 1 aromatic rings. The fourth-order valence-electron chi connectivity index (χ4n) is 3.40. The Morgan fingerprint density at radius 3 is 2.83 bits per heavy atom. The Labute approximate surface area is 141 Å². The molecule has 1 aromatic carbocycles. The minimum Gasteiger partial charge on any atom is -0.350 e. The summed E-state index contributed by atoms with van der Waals surface area (Å²) >= 11 is 6.06. The SMILES string of the molecule is Cc1c(Cl)cccc1NC(=O)CC1NC2CCCCC2NC1=O. The standard InChI is InChI=1S/C17H22ClN3O2/c1-10-11(18)5-4-8-12(10)20-16(22)9-15-17(23)21-14-7-3-2-6-13(14)19-15/h4-5,8,13-15,19H,2-3,6-7,9H2,1H3,(H,20,22)(H,21,23). The van der Waals surface area contributed by atoms with Gasteiger partial charge < -0.3 is 16.0 Å². The second kappa shape index (κ2) is 6.89. The van der Waals surface area contributed by atoms with Crippen molar-refractivity contribution >= 4 is 29.1 Å². The smallest absolute Gasteiger partial charge is 0.237 e. The van der Waals surface area contributed by atoms with E-state index >= 15 is 0 Å². The van der Waals surface area contributed by atoms with Crippen LogP contribution in [0.5, 0.6) is 0 Å². The van der Waals surface area contributed by atoms with Crippen LogP contribution in [-0.2, 0) is 9.59 Å². The van der Waals surface area contributed by atoms with Crippen LogP contribution >= 0.6 is 11.6 Å². The lowest BCUT2D eigenvalue weighted by Gasteiger charge is -2.40. The van der Waals surface area contributed by atoms with Gasteiger partial charge in [-0.2, -0.15) is 0 Å². The Bertz CT molecular complexity index is 620. The van der Waals surface area contributed by atoms with E-state index in [1.807, 2.05) is 13.0 Å². The number of piperazine rings is 1. The molecule has 5 nitrogen and oxygen atoms in total. The summed E-state index contributed by atoms with van der Waals surface area (Å²) in [5.41, 5.74) is 1.52. The van der Waals surface area contributed by atoms with E-state index in [2.05, 4.69) is 16.0 Å². The summed E-state index contributed by atoms with van der Waals surface area (Å²) in [6.07, 6.45) is 4.52. The molecule has 1 saturated heterocycles. The quantitative estimate of drug-likeness (QED) is 0.794. The van der Waals surface area contributed by atoms with E-state index in [1.54, 1.807) is 12.1 Å². The highest BCUT2D eigenvalue weighted by Gasteiger charge is 2.36. The van der Waals surface area contributed by atoms with Gasteiger partial charge in [0.05, 0.1) is 12.5 Å². The van der Waals surface area contributed by atoms with Crippen LogP contribution in [0, 0.1) is 6.92 Å². The van der Waals surface area contributed by atoms with Gasteiger partial charge in [-0.1, -0.05) is 30.5 Å². The molecular formula is C17H22ClN3O2. The number of fused-ring (bicyclic) bond motifs is 1. The molecule has 1 aliphatic heterocycles. The maximum Gasteiger partial charge on any atom is 0.237 e. The van der Waals surface area contributed by atoms with E-state index in [9.17, 15) is 9.59 Å². The topological polar surface area (TPSA) is 70.2 Å². The van der Waals surface area contributed by atoms with Gasteiger partial charge in [0.1, 0.15) is 0 Å². The maximum atomic E-state index is 12.3. The van der Waals surface area contributed by atoms with Crippen molar-refractivity contribution in [2.45, 2.75) is 57.2 Å². The predicted molar refractivity (Wildman–Crippen MR) is 90.5 cm³/mol. The lowest BCUT2D eigenvalue weighted by molar-refractivity contribution is -0.129. The van der Waals surface area contributed by atoms with Gasteiger partial charge >= 0.3 is 0 Å². The number of anilines is 1. The Kier molecular flexibility index (Phi) is 4.87. The van der Waals surface area contributed by atoms with Crippen LogP contribution in [0.4, 0.5) is 5.69 Å². The van der Waals surface area contributed by atoms with Crippen molar-refractivity contribution in [3.63, 3.8) is 0 Å². The number of hydrogen-bond acceptors (Lipinski definition) is 3. The highest BCUT2D eigenvalue weighted by atomic mass is 35.5. The van der Waals surface area contributed by atoms with Gasteiger partial charge in [-0.05, 0) is 37.5 Å². The average Bonchev–Trinajstić information content (AvgIpc) is 2.52. The molecule has 23 heavy (non-hydrogen) atoms. The molecule has 6 heteroatoms. The van der Waals surface area contributed by atoms with Crippen LogP contribution < -0.4 is 16.0 Å². The first-order valence-electron chi connectivity index (χ1n) is 8.16. The molecule has 1 heterocycles. The Balaban J connectivity index is 1.61. The highest BCUT2D eigenvalue weighted by Crippen LogP contribution is 2.24. The number of nitrogens with one attached hydrogen (secondary N) is 3. The van der Waals surface area contributed by atoms with Gasteiger partial charge in [-0.3, -0.25) is 9.59 Å². The lowest BCUT2D eigenvalue weighted by Crippen LogP contribution is -2.65. The van der Waals surface area contributed by atoms with E-state index in [-0.39, 0.29) is 30.3 Å². The molecule has 124 valence electrons. The summed E-state index contributed by atoms with van der Waals surface area (Å²) in [5, 5.41) is 9.86. The van der Waals surface area contributed by atoms with Gasteiger partial charge in [0, 0.05) is 22.8 Å². The zero-order valence-electron chi connectivity index (χ0n) is 13.2. The monoisotopic (exact) mass is 335 g/mol. The van der Waals surface area contributed by atoms with Crippen LogP contribution in [0.2, 0.25) is 5.02 Å². The minimum atomic E-state index is -0.464. The van der Waals surface area contributed by atoms with Gasteiger partial charge in [-0.15, -0.1) is 0 Å². The highest BCUT2D eigenvalue weighted by molar-refractivity contribution is 6.31. The molecular weight excluding hydrogens is 314 g/mol. The predicted octanol–water partition coefficient (Wildman–Crippen LogP) is 2.38. The van der Waals surface area contributed by atoms with Crippen LogP contribution in [-0.4, -0.2) is 29.9 Å². The largest absolute Gasteiger partial charge is 0.350 e. The van der Waals surface area contributed by atoms with Gasteiger partial charge in [0.25, 0.3) is 0 Å². The summed E-state index contributed by atoms with van der Waals surface area (Å²) in [6, 6.07) is 5.42. The summed E-state index contributed by atoms with van der Waals surface area (Å²) in [7, 11) is 0. The van der Waals surface area contributed by atoms with Crippen LogP contribution in [0.25, 0.3) is 0 Å². The van der Waals surface area contributed by atoms with Crippen LogP contribution in [0.3, 0.4) is 0 Å². The van der Waals surface area contributed by atoms with Crippen molar-refractivity contribution in [3.05, 3.63) is 28.8 Å². The van der Waals surface area contributed by atoms with Gasteiger partial charge in [-0.25, -0.2) is 0 Å². The summed E-state index contributed by atoms with van der Waals surface area (Å²) in [4.78, 5) is 24.5. The van der Waals surface area contributed by atoms with E-state index in [1.165, 1.54) is 6.42 Å². The molecule has 1 aliphatic carbocycles. The van der Waals surface area contributed by atoms with Crippen molar-refractivity contribution in [3.8, 4) is 0 Å². The Morgan fingerprint density at radius 1 is 1.30 bits per heavy atom. The van der Waals surface area contributed by atoms with Crippen molar-refractivity contribution in [1.29, 1.82) is 0 Å². The molecule has 0 aromatic heterocycles. The molecule has 2 amide bonds. The van der Waals surface area contributed by atoms with Gasteiger partial charge in [0.15, 0.2) is 0 Å². The van der Waals surface area contributed by atoms with Crippen LogP contribution in [0.1, 0.15) is 37.7 Å². The second-order valence-electron chi connectivity index (χ2n) is 6.39. The number of hydrogen-bond donors (Lipinski definition) is 3. The third-order valence-electron chi connectivity index (χ3n) is 4.76. The van der Waals surface area contributed by atoms with Crippen LogP contribution in [0.15, 0.2) is 18.2 Å². The van der Waals surface area contributed by atoms with E-state index in [0.717, 1.165) is 24.8 Å². The van der Waals surface area contributed by atoms with Crippen molar-refractivity contribution < 1.29 is 9.59 Å². The molecule has 3 atom stereocenters. The maximum absolute atomic E-state index is 12.3. The average molecular weight is 336 g/mol. The van der Waals surface area contributed by atoms with E-state index in [0.29, 0.717) is 10.7 Å².